The van der Waals surface area contributed by atoms with Crippen molar-refractivity contribution in [3.05, 3.63) is 326 Å². The molecule has 8 heteroatoms. The van der Waals surface area contributed by atoms with Gasteiger partial charge in [0.15, 0.2) is 0 Å². The molecule has 16 aromatic rings. The minimum absolute atomic E-state index is 0.342. The lowest BCUT2D eigenvalue weighted by molar-refractivity contribution is 0.632. The van der Waals surface area contributed by atoms with E-state index in [0.717, 1.165) is 132 Å². The van der Waals surface area contributed by atoms with Gasteiger partial charge < -0.3 is 9.13 Å². The largest absolute Gasteiger partial charge is 0.309 e. The quantitative estimate of drug-likeness (QED) is 0.166. The van der Waals surface area contributed by atoms with E-state index in [2.05, 4.69) is 350 Å². The van der Waals surface area contributed by atoms with Crippen molar-refractivity contribution in [2.24, 2.45) is 0 Å². The summed E-state index contributed by atoms with van der Waals surface area (Å²) in [6, 6.07) is 109. The predicted octanol–water partition coefficient (Wildman–Crippen LogP) is 22.5. The Bertz CT molecular complexity index is 6140. The molecule has 8 heterocycles. The Hall–Kier alpha value is -11.7. The third-order valence-corrected chi connectivity index (χ3v) is 26.3. The number of hydrogen-bond donors (Lipinski definition) is 0. The maximum absolute atomic E-state index is 18.7. The summed E-state index contributed by atoms with van der Waals surface area (Å²) < 4.78 is 23.5. The first-order valence-electron chi connectivity index (χ1n) is 33.1. The Labute approximate surface area is 556 Å². The van der Waals surface area contributed by atoms with Crippen LogP contribution in [0.5, 0.6) is 0 Å². The highest BCUT2D eigenvalue weighted by molar-refractivity contribution is 8.21. The van der Waals surface area contributed by atoms with Gasteiger partial charge >= 0.3 is 0 Å². The average molecular weight is 1250 g/mol. The van der Waals surface area contributed by atoms with Gasteiger partial charge in [0.05, 0.1) is 56.2 Å². The standard InChI is InChI=1S/C88H62N6OS/c1-87(2)65-37-15-20-44-74(65)94(78-54-76-63(51-67(78)87)57-31-11-17-41-71(57)92(76)56-29-9-6-10-30-56)84-50-26-40-70(90-84)60-36-24-48-82-86(60)62-34-14-22-46-80(62)96(82,95)79-45-21-13-33-61(79)85-59(35-23-47-81(85)96)69-39-25-49-83(89-69)93-73-43-19-16-38-66(73)88(3,4)68-53-75-64(52-77(68)93)58-32-12-18-42-72(58)91(75)55-27-7-5-8-28-55/h5-54H,1-4H3. The van der Waals surface area contributed by atoms with Gasteiger partial charge in [0, 0.05) is 94.7 Å². The molecule has 4 aliphatic heterocycles. The molecule has 0 saturated heterocycles. The second kappa shape index (κ2) is 19.4. The molecule has 0 unspecified atom stereocenters. The summed E-state index contributed by atoms with van der Waals surface area (Å²) in [5.41, 5.74) is 22.6. The molecule has 0 radical (unpaired) electrons. The Kier molecular flexibility index (Phi) is 11.1. The zero-order valence-corrected chi connectivity index (χ0v) is 54.2. The molecule has 96 heavy (non-hydrogen) atoms. The van der Waals surface area contributed by atoms with E-state index < -0.39 is 9.07 Å². The molecule has 12 aromatic carbocycles. The number of aromatic nitrogens is 4. The van der Waals surface area contributed by atoms with Gasteiger partial charge in [0.25, 0.3) is 0 Å². The normalized spacial score (nSPS) is 15.7. The second-order valence-corrected chi connectivity index (χ2v) is 30.8. The highest BCUT2D eigenvalue weighted by Gasteiger charge is 2.58. The molecular weight excluding hydrogens is 1190 g/mol. The summed E-state index contributed by atoms with van der Waals surface area (Å²) in [5.74, 6) is 1.59. The SMILES string of the molecule is CC1(C)c2ccccc2N(c2cccc(-c3cccc4c3-c3ccccc3S43(=O)c4ccccc4-c4c(-c5cccc(N6c7ccccc7C(C)(C)c7cc8c(cc76)c6ccccc6n8-c6ccccc6)n5)cccc43)n2)c2cc3c(cc21)c1ccccc1n3-c1ccccc1. The fraction of sp³-hybridized carbons (Fsp3) is 0.0682. The molecule has 0 N–H and O–H groups in total. The monoisotopic (exact) mass is 1250 g/mol. The third kappa shape index (κ3) is 7.02. The van der Waals surface area contributed by atoms with Crippen molar-refractivity contribution in [1.29, 1.82) is 0 Å². The number of nitrogens with zero attached hydrogens (tertiary/aromatic N) is 6. The molecule has 0 fully saturated rings. The van der Waals surface area contributed by atoms with Crippen molar-refractivity contribution in [3.63, 3.8) is 0 Å². The summed E-state index contributed by atoms with van der Waals surface area (Å²) in [4.78, 5) is 19.5. The Morgan fingerprint density at radius 1 is 0.292 bits per heavy atom. The van der Waals surface area contributed by atoms with Gasteiger partial charge in [-0.25, -0.2) is 9.97 Å². The van der Waals surface area contributed by atoms with Gasteiger partial charge in [0.1, 0.15) is 11.6 Å². The van der Waals surface area contributed by atoms with E-state index in [1.807, 2.05) is 0 Å². The second-order valence-electron chi connectivity index (χ2n) is 27.2. The topological polar surface area (TPSA) is 59.2 Å². The van der Waals surface area contributed by atoms with Crippen LogP contribution in [0.4, 0.5) is 34.4 Å². The van der Waals surface area contributed by atoms with Gasteiger partial charge in [-0.2, -0.15) is 0 Å². The first-order valence-corrected chi connectivity index (χ1v) is 35.1. The van der Waals surface area contributed by atoms with Crippen molar-refractivity contribution in [2.75, 3.05) is 9.80 Å². The number of fused-ring (bicyclic) bond motifs is 20. The van der Waals surface area contributed by atoms with E-state index >= 15 is 4.21 Å². The van der Waals surface area contributed by atoms with E-state index in [1.165, 1.54) is 43.8 Å². The van der Waals surface area contributed by atoms with Crippen molar-refractivity contribution >= 4 is 87.1 Å². The maximum Gasteiger partial charge on any atom is 0.138 e. The van der Waals surface area contributed by atoms with Gasteiger partial charge in [-0.15, -0.1) is 0 Å². The van der Waals surface area contributed by atoms with Crippen molar-refractivity contribution < 1.29 is 4.21 Å². The minimum atomic E-state index is -4.42. The van der Waals surface area contributed by atoms with Crippen LogP contribution in [0.15, 0.2) is 323 Å². The first-order chi connectivity index (χ1) is 47.0. The van der Waals surface area contributed by atoms with Gasteiger partial charge in [-0.3, -0.25) is 14.0 Å². The Morgan fingerprint density at radius 3 is 1.20 bits per heavy atom. The van der Waals surface area contributed by atoms with Crippen molar-refractivity contribution in [2.45, 2.75) is 58.1 Å². The number of anilines is 6. The van der Waals surface area contributed by atoms with Crippen molar-refractivity contribution in [1.82, 2.24) is 19.1 Å². The summed E-state index contributed by atoms with van der Waals surface area (Å²) in [7, 11) is -4.42. The van der Waals surface area contributed by atoms with Crippen LogP contribution in [0.3, 0.4) is 0 Å². The number of benzene rings is 12. The van der Waals surface area contributed by atoms with E-state index in [0.29, 0.717) is 0 Å². The average Bonchev–Trinajstić information content (AvgIpc) is 1.47. The van der Waals surface area contributed by atoms with E-state index in [1.54, 1.807) is 0 Å². The van der Waals surface area contributed by atoms with Crippen molar-refractivity contribution in [3.8, 4) is 56.1 Å². The third-order valence-electron chi connectivity index (χ3n) is 21.6. The minimum Gasteiger partial charge on any atom is -0.309 e. The van der Waals surface area contributed by atoms with E-state index in [-0.39, 0.29) is 10.8 Å². The predicted molar refractivity (Wildman–Crippen MR) is 394 cm³/mol. The van der Waals surface area contributed by atoms with Crippen LogP contribution in [0.25, 0.3) is 99.8 Å². The molecule has 0 saturated carbocycles. The summed E-state index contributed by atoms with van der Waals surface area (Å²) in [6.07, 6.45) is 0. The molecule has 0 aliphatic carbocycles. The Morgan fingerprint density at radius 2 is 0.677 bits per heavy atom. The fourth-order valence-electron chi connectivity index (χ4n) is 17.4. The molecular formula is C88H62N6OS. The van der Waals surface area contributed by atoms with Crippen LogP contribution in [0.1, 0.15) is 49.9 Å². The van der Waals surface area contributed by atoms with Crippen LogP contribution in [-0.4, -0.2) is 23.3 Å². The molecule has 0 bridgehead atoms. The zero-order valence-electron chi connectivity index (χ0n) is 53.4. The van der Waals surface area contributed by atoms with Crippen LogP contribution in [-0.2, 0) is 19.9 Å². The fourth-order valence-corrected chi connectivity index (χ4v) is 22.5. The summed E-state index contributed by atoms with van der Waals surface area (Å²) >= 11 is 0. The van der Waals surface area contributed by atoms with Crippen LogP contribution >= 0.6 is 0 Å². The van der Waals surface area contributed by atoms with E-state index in [4.69, 9.17) is 9.97 Å². The lowest BCUT2D eigenvalue weighted by Crippen LogP contribution is -2.31. The lowest BCUT2D eigenvalue weighted by Gasteiger charge is -2.41. The smallest absolute Gasteiger partial charge is 0.138 e. The summed E-state index contributed by atoms with van der Waals surface area (Å²) in [6.45, 7) is 9.40. The summed E-state index contributed by atoms with van der Waals surface area (Å²) in [5, 5.41) is 4.79. The highest BCUT2D eigenvalue weighted by atomic mass is 32.3. The highest BCUT2D eigenvalue weighted by Crippen LogP contribution is 2.73. The number of rotatable bonds is 6. The molecule has 4 aromatic heterocycles. The number of hydrogen-bond acceptors (Lipinski definition) is 5. The molecule has 1 spiro atoms. The molecule has 0 amide bonds. The maximum atomic E-state index is 18.7. The molecule has 4 aliphatic rings. The van der Waals surface area contributed by atoms with Crippen LogP contribution in [0.2, 0.25) is 0 Å². The Balaban J connectivity index is 0.761. The number of para-hydroxylation sites is 6. The van der Waals surface area contributed by atoms with E-state index in [9.17, 15) is 0 Å². The number of pyridine rings is 2. The molecule has 0 atom stereocenters. The zero-order chi connectivity index (χ0) is 64.0. The van der Waals surface area contributed by atoms with Gasteiger partial charge in [-0.05, 0) is 155 Å². The van der Waals surface area contributed by atoms with Crippen LogP contribution < -0.4 is 9.80 Å². The molecule has 7 nitrogen and oxygen atoms in total. The van der Waals surface area contributed by atoms with Crippen LogP contribution in [0, 0.1) is 0 Å². The molecule has 456 valence electrons. The first kappa shape index (κ1) is 54.8. The molecule has 20 rings (SSSR count). The lowest BCUT2D eigenvalue weighted by atomic mass is 9.73. The van der Waals surface area contributed by atoms with Gasteiger partial charge in [0.2, 0.25) is 0 Å². The van der Waals surface area contributed by atoms with Gasteiger partial charge in [-0.1, -0.05) is 210 Å².